The highest BCUT2D eigenvalue weighted by molar-refractivity contribution is 6.10. The van der Waals surface area contributed by atoms with E-state index in [4.69, 9.17) is 10.3 Å². The quantitative estimate of drug-likeness (QED) is 0.509. The molecule has 4 rings (SSSR count). The number of nitrogens with zero attached hydrogens (tertiary/aromatic N) is 4. The van der Waals surface area contributed by atoms with Gasteiger partial charge in [0.25, 0.3) is 5.91 Å². The Morgan fingerprint density at radius 2 is 1.97 bits per heavy atom. The molecule has 2 amide bonds. The predicted octanol–water partition coefficient (Wildman–Crippen LogP) is 2.88. The first kappa shape index (κ1) is 20.2. The number of rotatable bonds is 5. The van der Waals surface area contributed by atoms with Gasteiger partial charge in [-0.05, 0) is 39.0 Å². The molecule has 3 aromatic heterocycles. The van der Waals surface area contributed by atoms with E-state index in [-0.39, 0.29) is 16.8 Å². The molecule has 0 bridgehead atoms. The van der Waals surface area contributed by atoms with Crippen LogP contribution in [-0.4, -0.2) is 31.7 Å². The minimum Gasteiger partial charge on any atom is -0.366 e. The molecule has 10 heteroatoms. The van der Waals surface area contributed by atoms with Crippen molar-refractivity contribution >= 4 is 28.4 Å². The molecular weight excluding hydrogens is 403 g/mol. The van der Waals surface area contributed by atoms with Crippen LogP contribution in [-0.2, 0) is 6.54 Å². The minimum atomic E-state index is -0.740. The van der Waals surface area contributed by atoms with Crippen LogP contribution in [0.3, 0.4) is 0 Å². The van der Waals surface area contributed by atoms with E-state index >= 15 is 0 Å². The van der Waals surface area contributed by atoms with Crippen molar-refractivity contribution < 1.29 is 18.5 Å². The number of anilines is 1. The summed E-state index contributed by atoms with van der Waals surface area (Å²) < 4.78 is 20.4. The Balaban J connectivity index is 1.67. The van der Waals surface area contributed by atoms with Crippen LogP contribution in [0.2, 0.25) is 0 Å². The highest BCUT2D eigenvalue weighted by Gasteiger charge is 2.19. The summed E-state index contributed by atoms with van der Waals surface area (Å²) in [5, 5.41) is 11.5. The maximum atomic E-state index is 13.7. The zero-order chi connectivity index (χ0) is 22.3. The Morgan fingerprint density at radius 3 is 2.65 bits per heavy atom. The Morgan fingerprint density at radius 1 is 1.19 bits per heavy atom. The molecule has 0 aliphatic rings. The van der Waals surface area contributed by atoms with Crippen molar-refractivity contribution in [1.82, 2.24) is 19.9 Å². The van der Waals surface area contributed by atoms with Gasteiger partial charge in [-0.15, -0.1) is 0 Å². The largest absolute Gasteiger partial charge is 0.366 e. The standard InChI is InChI=1S/C21H19FN6O3/c1-10-6-14(27-31-10)9-28-12(3)19(11(2)26-28)25-21(30)18-8-16(20(23)29)15-5-4-13(22)7-17(15)24-18/h4-8H,9H2,1-3H3,(H2,23,29)(H,25,30). The molecule has 9 nitrogen and oxygen atoms in total. The second kappa shape index (κ2) is 7.63. The van der Waals surface area contributed by atoms with E-state index < -0.39 is 17.6 Å². The molecule has 158 valence electrons. The lowest BCUT2D eigenvalue weighted by atomic mass is 10.1. The van der Waals surface area contributed by atoms with Crippen LogP contribution < -0.4 is 11.1 Å². The average molecular weight is 422 g/mol. The molecule has 0 atom stereocenters. The number of nitrogens with one attached hydrogen (secondary N) is 1. The Hall–Kier alpha value is -4.08. The van der Waals surface area contributed by atoms with Crippen molar-refractivity contribution in [2.75, 3.05) is 5.32 Å². The number of fused-ring (bicyclic) bond motifs is 1. The minimum absolute atomic E-state index is 0.0643. The number of aromatic nitrogens is 4. The molecule has 0 saturated carbocycles. The SMILES string of the molecule is Cc1cc(Cn2nc(C)c(NC(=O)c3cc(C(N)=O)c4ccc(F)cc4n3)c2C)no1. The smallest absolute Gasteiger partial charge is 0.274 e. The van der Waals surface area contributed by atoms with Crippen molar-refractivity contribution in [1.29, 1.82) is 0 Å². The lowest BCUT2D eigenvalue weighted by Gasteiger charge is -2.09. The number of carbonyl (C=O) groups excluding carboxylic acids is 2. The lowest BCUT2D eigenvalue weighted by molar-refractivity contribution is 0.100. The van der Waals surface area contributed by atoms with Crippen LogP contribution in [0, 0.1) is 26.6 Å². The molecule has 3 N–H and O–H groups in total. The van der Waals surface area contributed by atoms with Crippen LogP contribution in [0.1, 0.15) is 43.7 Å². The summed E-state index contributed by atoms with van der Waals surface area (Å²) in [6.45, 7) is 5.73. The Kier molecular flexibility index (Phi) is 4.97. The third-order valence-electron chi connectivity index (χ3n) is 4.88. The summed E-state index contributed by atoms with van der Waals surface area (Å²) in [7, 11) is 0. The summed E-state index contributed by atoms with van der Waals surface area (Å²) in [5.41, 5.74) is 8.12. The summed E-state index contributed by atoms with van der Waals surface area (Å²) in [4.78, 5) is 29.0. The van der Waals surface area contributed by atoms with Gasteiger partial charge in [0, 0.05) is 17.5 Å². The first-order valence-electron chi connectivity index (χ1n) is 9.40. The summed E-state index contributed by atoms with van der Waals surface area (Å²) in [6, 6.07) is 6.85. The van der Waals surface area contributed by atoms with Gasteiger partial charge in [-0.3, -0.25) is 14.3 Å². The van der Waals surface area contributed by atoms with Gasteiger partial charge in [-0.25, -0.2) is 9.37 Å². The predicted molar refractivity (Wildman–Crippen MR) is 110 cm³/mol. The number of amides is 2. The van der Waals surface area contributed by atoms with Gasteiger partial charge >= 0.3 is 0 Å². The van der Waals surface area contributed by atoms with Gasteiger partial charge < -0.3 is 15.6 Å². The van der Waals surface area contributed by atoms with E-state index in [1.165, 1.54) is 18.2 Å². The molecular formula is C21H19FN6O3. The van der Waals surface area contributed by atoms with Crippen LogP contribution in [0.5, 0.6) is 0 Å². The normalized spacial score (nSPS) is 11.1. The average Bonchev–Trinajstić information content (AvgIpc) is 3.24. The van der Waals surface area contributed by atoms with Gasteiger partial charge in [0.15, 0.2) is 0 Å². The summed E-state index contributed by atoms with van der Waals surface area (Å²) in [5.74, 6) is -1.16. The van der Waals surface area contributed by atoms with E-state index in [9.17, 15) is 14.0 Å². The summed E-state index contributed by atoms with van der Waals surface area (Å²) >= 11 is 0. The Labute approximate surface area is 176 Å². The number of aryl methyl sites for hydroxylation is 2. The van der Waals surface area contributed by atoms with E-state index in [2.05, 4.69) is 20.6 Å². The fraction of sp³-hybridized carbons (Fsp3) is 0.190. The maximum Gasteiger partial charge on any atom is 0.274 e. The molecule has 0 fully saturated rings. The topological polar surface area (TPSA) is 129 Å². The summed E-state index contributed by atoms with van der Waals surface area (Å²) in [6.07, 6.45) is 0. The van der Waals surface area contributed by atoms with E-state index in [0.717, 1.165) is 6.07 Å². The van der Waals surface area contributed by atoms with Crippen LogP contribution in [0.4, 0.5) is 10.1 Å². The molecule has 0 spiro atoms. The molecule has 0 saturated heterocycles. The Bertz CT molecular complexity index is 1340. The van der Waals surface area contributed by atoms with Crippen molar-refractivity contribution in [2.24, 2.45) is 5.73 Å². The number of pyridine rings is 1. The van der Waals surface area contributed by atoms with Gasteiger partial charge in [-0.2, -0.15) is 5.10 Å². The molecule has 0 radical (unpaired) electrons. The highest BCUT2D eigenvalue weighted by atomic mass is 19.1. The third kappa shape index (κ3) is 3.87. The lowest BCUT2D eigenvalue weighted by Crippen LogP contribution is -2.18. The number of halogens is 1. The second-order valence-electron chi connectivity index (χ2n) is 7.17. The highest BCUT2D eigenvalue weighted by Crippen LogP contribution is 2.23. The number of benzene rings is 1. The zero-order valence-corrected chi connectivity index (χ0v) is 17.1. The number of nitrogens with two attached hydrogens (primary N) is 1. The van der Waals surface area contributed by atoms with Crippen LogP contribution in [0.25, 0.3) is 10.9 Å². The molecule has 31 heavy (non-hydrogen) atoms. The van der Waals surface area contributed by atoms with E-state index in [0.29, 0.717) is 40.5 Å². The molecule has 3 heterocycles. The maximum absolute atomic E-state index is 13.7. The van der Waals surface area contributed by atoms with E-state index in [1.807, 2.05) is 0 Å². The van der Waals surface area contributed by atoms with Gasteiger partial charge in [0.1, 0.15) is 23.0 Å². The third-order valence-corrected chi connectivity index (χ3v) is 4.88. The fourth-order valence-electron chi connectivity index (χ4n) is 3.38. The van der Waals surface area contributed by atoms with Crippen LogP contribution in [0.15, 0.2) is 34.9 Å². The molecule has 0 aliphatic carbocycles. The fourth-order valence-corrected chi connectivity index (χ4v) is 3.38. The van der Waals surface area contributed by atoms with Crippen molar-refractivity contribution in [2.45, 2.75) is 27.3 Å². The monoisotopic (exact) mass is 422 g/mol. The van der Waals surface area contributed by atoms with E-state index in [1.54, 1.807) is 31.5 Å². The van der Waals surface area contributed by atoms with Gasteiger partial charge in [-0.1, -0.05) is 5.16 Å². The zero-order valence-electron chi connectivity index (χ0n) is 17.1. The van der Waals surface area contributed by atoms with Gasteiger partial charge in [0.05, 0.1) is 34.7 Å². The molecule has 1 aromatic carbocycles. The number of primary amides is 1. The number of hydrogen-bond donors (Lipinski definition) is 2. The van der Waals surface area contributed by atoms with Crippen molar-refractivity contribution in [3.05, 3.63) is 70.2 Å². The number of hydrogen-bond acceptors (Lipinski definition) is 6. The second-order valence-corrected chi connectivity index (χ2v) is 7.17. The van der Waals surface area contributed by atoms with Gasteiger partial charge in [0.2, 0.25) is 5.91 Å². The van der Waals surface area contributed by atoms with Crippen molar-refractivity contribution in [3.8, 4) is 0 Å². The van der Waals surface area contributed by atoms with Crippen molar-refractivity contribution in [3.63, 3.8) is 0 Å². The first-order chi connectivity index (χ1) is 14.7. The number of carbonyl (C=O) groups is 2. The van der Waals surface area contributed by atoms with Crippen LogP contribution >= 0.6 is 0 Å². The molecule has 4 aromatic rings. The molecule has 0 unspecified atom stereocenters. The first-order valence-corrected chi connectivity index (χ1v) is 9.40. The molecule has 0 aliphatic heterocycles.